The molecule has 0 spiro atoms. The van der Waals surface area contributed by atoms with Gasteiger partial charge in [0, 0.05) is 21.6 Å². The first-order valence-electron chi connectivity index (χ1n) is 7.83. The molecule has 1 atom stereocenters. The number of rotatable bonds is 5. The molecule has 2 N–H and O–H groups in total. The van der Waals surface area contributed by atoms with E-state index in [-0.39, 0.29) is 18.6 Å². The predicted molar refractivity (Wildman–Crippen MR) is 99.3 cm³/mol. The van der Waals surface area contributed by atoms with Crippen LogP contribution in [0.1, 0.15) is 28.9 Å². The summed E-state index contributed by atoms with van der Waals surface area (Å²) in [7, 11) is 0. The zero-order valence-corrected chi connectivity index (χ0v) is 15.2. The Bertz CT molecular complexity index is 920. The highest BCUT2D eigenvalue weighted by atomic mass is 79.9. The van der Waals surface area contributed by atoms with Crippen LogP contribution in [0.15, 0.2) is 59.2 Å². The molecule has 0 aliphatic rings. The van der Waals surface area contributed by atoms with Gasteiger partial charge in [0.25, 0.3) is 5.91 Å². The maximum Gasteiger partial charge on any atom is 0.340 e. The fraction of sp³-hybridized carbons (Fsp3) is 0.158. The minimum Gasteiger partial charge on any atom is -0.452 e. The molecule has 0 radical (unpaired) electrons. The number of hydrogen-bond donors (Lipinski definition) is 2. The van der Waals surface area contributed by atoms with Gasteiger partial charge in [-0.1, -0.05) is 52.3 Å². The molecule has 0 fully saturated rings. The second kappa shape index (κ2) is 7.53. The molecule has 1 heterocycles. The highest BCUT2D eigenvalue weighted by Gasteiger charge is 2.16. The van der Waals surface area contributed by atoms with Crippen LogP contribution in [0.4, 0.5) is 0 Å². The number of carbonyl (C=O) groups excluding carboxylic acids is 2. The molecule has 6 heteroatoms. The quantitative estimate of drug-likeness (QED) is 0.636. The molecular weight excluding hydrogens is 384 g/mol. The van der Waals surface area contributed by atoms with Gasteiger partial charge in [-0.15, -0.1) is 0 Å². The number of carbonyl (C=O) groups is 2. The van der Waals surface area contributed by atoms with E-state index in [1.807, 2.05) is 55.5 Å². The molecule has 3 rings (SSSR count). The normalized spacial score (nSPS) is 11.9. The van der Waals surface area contributed by atoms with Crippen LogP contribution in [0.25, 0.3) is 10.9 Å². The van der Waals surface area contributed by atoms with Crippen LogP contribution < -0.4 is 5.32 Å². The standard InChI is InChI=1S/C19H17BrN2O3/c1-12(13-6-2-4-8-16(13)20)22-18(23)11-25-19(24)15-10-21-17-9-5-3-7-14(15)17/h2-10,12,21H,11H2,1H3,(H,22,23)/t12-/m0/s1. The van der Waals surface area contributed by atoms with E-state index >= 15 is 0 Å². The van der Waals surface area contributed by atoms with E-state index in [0.717, 1.165) is 20.9 Å². The largest absolute Gasteiger partial charge is 0.452 e. The molecule has 0 bridgehead atoms. The number of H-pyrrole nitrogens is 1. The fourth-order valence-electron chi connectivity index (χ4n) is 2.64. The van der Waals surface area contributed by atoms with E-state index in [9.17, 15) is 9.59 Å². The van der Waals surface area contributed by atoms with E-state index in [1.165, 1.54) is 0 Å². The van der Waals surface area contributed by atoms with Crippen LogP contribution in [0, 0.1) is 0 Å². The van der Waals surface area contributed by atoms with Crippen molar-refractivity contribution in [2.45, 2.75) is 13.0 Å². The van der Waals surface area contributed by atoms with E-state index < -0.39 is 5.97 Å². The van der Waals surface area contributed by atoms with Crippen molar-refractivity contribution in [3.05, 3.63) is 70.3 Å². The topological polar surface area (TPSA) is 71.2 Å². The van der Waals surface area contributed by atoms with Crippen molar-refractivity contribution in [2.75, 3.05) is 6.61 Å². The van der Waals surface area contributed by atoms with Gasteiger partial charge in [-0.2, -0.15) is 0 Å². The van der Waals surface area contributed by atoms with Crippen molar-refractivity contribution in [3.8, 4) is 0 Å². The summed E-state index contributed by atoms with van der Waals surface area (Å²) in [6.45, 7) is 1.55. The summed E-state index contributed by atoms with van der Waals surface area (Å²) >= 11 is 3.46. The Hall–Kier alpha value is -2.60. The van der Waals surface area contributed by atoms with Crippen molar-refractivity contribution >= 4 is 38.7 Å². The molecule has 0 saturated heterocycles. The molecule has 0 saturated carbocycles. The van der Waals surface area contributed by atoms with Crippen LogP contribution in [0.2, 0.25) is 0 Å². The van der Waals surface area contributed by atoms with E-state index in [2.05, 4.69) is 26.2 Å². The Kier molecular flexibility index (Phi) is 5.19. The number of aromatic nitrogens is 1. The molecule has 128 valence electrons. The Morgan fingerprint density at radius 1 is 1.16 bits per heavy atom. The number of ether oxygens (including phenoxy) is 1. The van der Waals surface area contributed by atoms with Gasteiger partial charge >= 0.3 is 5.97 Å². The monoisotopic (exact) mass is 400 g/mol. The van der Waals surface area contributed by atoms with E-state index in [1.54, 1.807) is 6.20 Å². The lowest BCUT2D eigenvalue weighted by Crippen LogP contribution is -2.31. The van der Waals surface area contributed by atoms with Crippen molar-refractivity contribution in [1.82, 2.24) is 10.3 Å². The second-order valence-corrected chi connectivity index (χ2v) is 6.49. The smallest absolute Gasteiger partial charge is 0.340 e. The van der Waals surface area contributed by atoms with Crippen LogP contribution in [0.5, 0.6) is 0 Å². The highest BCUT2D eigenvalue weighted by Crippen LogP contribution is 2.22. The first-order chi connectivity index (χ1) is 12.1. The molecular formula is C19H17BrN2O3. The molecule has 0 aliphatic heterocycles. The summed E-state index contributed by atoms with van der Waals surface area (Å²) in [5, 5.41) is 3.59. The molecule has 1 amide bonds. The van der Waals surface area contributed by atoms with Gasteiger partial charge in [-0.3, -0.25) is 4.79 Å². The minimum absolute atomic E-state index is 0.199. The van der Waals surface area contributed by atoms with Crippen molar-refractivity contribution in [1.29, 1.82) is 0 Å². The van der Waals surface area contributed by atoms with Gasteiger partial charge in [-0.05, 0) is 24.6 Å². The molecule has 0 unspecified atom stereocenters. The summed E-state index contributed by atoms with van der Waals surface area (Å²) in [5.74, 6) is -0.877. The molecule has 1 aromatic heterocycles. The summed E-state index contributed by atoms with van der Waals surface area (Å²) in [6.07, 6.45) is 1.59. The third kappa shape index (κ3) is 3.91. The highest BCUT2D eigenvalue weighted by molar-refractivity contribution is 9.10. The van der Waals surface area contributed by atoms with Gasteiger partial charge in [0.1, 0.15) is 0 Å². The number of hydrogen-bond acceptors (Lipinski definition) is 3. The molecule has 3 aromatic rings. The van der Waals surface area contributed by atoms with Crippen molar-refractivity contribution in [3.63, 3.8) is 0 Å². The van der Waals surface area contributed by atoms with E-state index in [0.29, 0.717) is 5.56 Å². The minimum atomic E-state index is -0.527. The van der Waals surface area contributed by atoms with Gasteiger partial charge in [0.05, 0.1) is 11.6 Å². The molecule has 25 heavy (non-hydrogen) atoms. The average Bonchev–Trinajstić information content (AvgIpc) is 3.04. The number of benzene rings is 2. The Morgan fingerprint density at radius 3 is 2.68 bits per heavy atom. The lowest BCUT2D eigenvalue weighted by Gasteiger charge is -2.15. The Morgan fingerprint density at radius 2 is 1.88 bits per heavy atom. The predicted octanol–water partition coefficient (Wildman–Crippen LogP) is 3.96. The third-order valence-corrected chi connectivity index (χ3v) is 4.61. The summed E-state index contributed by atoms with van der Waals surface area (Å²) in [6, 6.07) is 14.9. The first-order valence-corrected chi connectivity index (χ1v) is 8.62. The SMILES string of the molecule is C[C@H](NC(=O)COC(=O)c1c[nH]c2ccccc12)c1ccccc1Br. The molecule has 0 aliphatic carbocycles. The zero-order chi connectivity index (χ0) is 17.8. The fourth-order valence-corrected chi connectivity index (χ4v) is 3.26. The lowest BCUT2D eigenvalue weighted by molar-refractivity contribution is -0.124. The third-order valence-electron chi connectivity index (χ3n) is 3.89. The maximum absolute atomic E-state index is 12.2. The second-order valence-electron chi connectivity index (χ2n) is 5.63. The van der Waals surface area contributed by atoms with Crippen LogP contribution in [-0.2, 0) is 9.53 Å². The number of fused-ring (bicyclic) bond motifs is 1. The lowest BCUT2D eigenvalue weighted by atomic mass is 10.1. The first kappa shape index (κ1) is 17.2. The van der Waals surface area contributed by atoms with Crippen molar-refractivity contribution < 1.29 is 14.3 Å². The number of esters is 1. The molecule has 2 aromatic carbocycles. The number of nitrogens with one attached hydrogen (secondary N) is 2. The van der Waals surface area contributed by atoms with Crippen molar-refractivity contribution in [2.24, 2.45) is 0 Å². The maximum atomic E-state index is 12.2. The Labute approximate surface area is 153 Å². The number of halogens is 1. The van der Waals surface area contributed by atoms with Crippen LogP contribution in [0.3, 0.4) is 0 Å². The molecule has 5 nitrogen and oxygen atoms in total. The number of para-hydroxylation sites is 1. The van der Waals surface area contributed by atoms with Gasteiger partial charge < -0.3 is 15.0 Å². The summed E-state index contributed by atoms with van der Waals surface area (Å²) in [5.41, 5.74) is 2.22. The van der Waals surface area contributed by atoms with Gasteiger partial charge in [0.15, 0.2) is 6.61 Å². The zero-order valence-electron chi connectivity index (χ0n) is 13.6. The van der Waals surface area contributed by atoms with Gasteiger partial charge in [0.2, 0.25) is 0 Å². The average molecular weight is 401 g/mol. The summed E-state index contributed by atoms with van der Waals surface area (Å²) in [4.78, 5) is 27.3. The number of amides is 1. The van der Waals surface area contributed by atoms with Crippen LogP contribution in [-0.4, -0.2) is 23.5 Å². The Balaban J connectivity index is 1.59. The van der Waals surface area contributed by atoms with Gasteiger partial charge in [-0.25, -0.2) is 4.79 Å². The van der Waals surface area contributed by atoms with E-state index in [4.69, 9.17) is 4.74 Å². The van der Waals surface area contributed by atoms with Crippen LogP contribution >= 0.6 is 15.9 Å². The summed E-state index contributed by atoms with van der Waals surface area (Å²) < 4.78 is 6.06. The number of aromatic amines is 1.